The predicted octanol–water partition coefficient (Wildman–Crippen LogP) is -0.336. The van der Waals surface area contributed by atoms with Gasteiger partial charge in [0.2, 0.25) is 5.91 Å². The summed E-state index contributed by atoms with van der Waals surface area (Å²) in [5.74, 6) is -2.78. The van der Waals surface area contributed by atoms with Crippen molar-refractivity contribution in [2.75, 3.05) is 6.54 Å². The molecule has 0 saturated carbocycles. The second kappa shape index (κ2) is 7.83. The van der Waals surface area contributed by atoms with E-state index in [9.17, 15) is 14.4 Å². The summed E-state index contributed by atoms with van der Waals surface area (Å²) in [6, 6.07) is -1.04. The molecule has 21 heavy (non-hydrogen) atoms. The molecule has 1 aliphatic heterocycles. The maximum absolute atomic E-state index is 10.9. The van der Waals surface area contributed by atoms with Gasteiger partial charge in [0.25, 0.3) is 0 Å². The first-order valence-corrected chi connectivity index (χ1v) is 6.32. The van der Waals surface area contributed by atoms with Gasteiger partial charge < -0.3 is 21.3 Å². The minimum Gasteiger partial charge on any atom is -0.480 e. The molecule has 1 atom stereocenters. The van der Waals surface area contributed by atoms with Crippen LogP contribution in [0.2, 0.25) is 0 Å². The molecule has 0 aromatic carbocycles. The van der Waals surface area contributed by atoms with Crippen LogP contribution in [0.1, 0.15) is 19.3 Å². The molecule has 0 aromatic heterocycles. The molecule has 1 rings (SSSR count). The van der Waals surface area contributed by atoms with Crippen molar-refractivity contribution in [3.63, 3.8) is 0 Å². The molecule has 0 bridgehead atoms. The van der Waals surface area contributed by atoms with Crippen molar-refractivity contribution in [2.24, 2.45) is 10.7 Å². The zero-order valence-corrected chi connectivity index (χ0v) is 11.3. The van der Waals surface area contributed by atoms with Crippen LogP contribution < -0.4 is 11.1 Å². The van der Waals surface area contributed by atoms with Gasteiger partial charge in [0, 0.05) is 19.2 Å². The van der Waals surface area contributed by atoms with E-state index in [2.05, 4.69) is 10.3 Å². The highest BCUT2D eigenvalue weighted by Crippen LogP contribution is 2.11. The van der Waals surface area contributed by atoms with Crippen molar-refractivity contribution in [1.82, 2.24) is 5.32 Å². The highest BCUT2D eigenvalue weighted by molar-refractivity contribution is 5.87. The second-order valence-electron chi connectivity index (χ2n) is 4.44. The van der Waals surface area contributed by atoms with E-state index in [1.807, 2.05) is 0 Å². The van der Waals surface area contributed by atoms with Crippen LogP contribution in [0.15, 0.2) is 28.4 Å². The lowest BCUT2D eigenvalue weighted by molar-refractivity contribution is -0.138. The molecule has 5 N–H and O–H groups in total. The molecular formula is C13H17N3O5. The minimum absolute atomic E-state index is 0.0299. The van der Waals surface area contributed by atoms with Gasteiger partial charge in [-0.05, 0) is 30.6 Å². The van der Waals surface area contributed by atoms with E-state index in [1.54, 1.807) is 6.08 Å². The van der Waals surface area contributed by atoms with Gasteiger partial charge in [-0.15, -0.1) is 0 Å². The Morgan fingerprint density at radius 3 is 2.71 bits per heavy atom. The summed E-state index contributed by atoms with van der Waals surface area (Å²) < 4.78 is 0. The van der Waals surface area contributed by atoms with Gasteiger partial charge >= 0.3 is 11.9 Å². The molecule has 114 valence electrons. The Morgan fingerprint density at radius 2 is 2.14 bits per heavy atom. The molecule has 0 fully saturated rings. The van der Waals surface area contributed by atoms with Crippen LogP contribution in [0.3, 0.4) is 0 Å². The van der Waals surface area contributed by atoms with Crippen LogP contribution in [0, 0.1) is 0 Å². The molecule has 0 spiro atoms. The lowest BCUT2D eigenvalue weighted by Crippen LogP contribution is -2.25. The molecule has 1 aliphatic rings. The normalized spacial score (nSPS) is 18.1. The highest BCUT2D eigenvalue weighted by Gasteiger charge is 2.16. The Hall–Kier alpha value is -2.64. The number of hydrogen-bond donors (Lipinski definition) is 4. The van der Waals surface area contributed by atoms with E-state index < -0.39 is 23.9 Å². The van der Waals surface area contributed by atoms with Crippen molar-refractivity contribution in [1.29, 1.82) is 0 Å². The molecule has 8 nitrogen and oxygen atoms in total. The van der Waals surface area contributed by atoms with Crippen LogP contribution in [-0.2, 0) is 14.4 Å². The van der Waals surface area contributed by atoms with Crippen molar-refractivity contribution in [3.05, 3.63) is 23.4 Å². The van der Waals surface area contributed by atoms with Crippen molar-refractivity contribution in [3.8, 4) is 0 Å². The number of nitrogens with zero attached hydrogens (tertiary/aromatic N) is 1. The fourth-order valence-electron chi connectivity index (χ4n) is 1.70. The van der Waals surface area contributed by atoms with E-state index in [-0.39, 0.29) is 18.5 Å². The summed E-state index contributed by atoms with van der Waals surface area (Å²) in [7, 11) is 0. The zero-order valence-electron chi connectivity index (χ0n) is 11.3. The molecule has 0 radical (unpaired) electrons. The number of primary amides is 1. The SMILES string of the molecule is NC(=O)CCC(N=CC=C1C=C(C(=O)O)NCC1)C(=O)O. The standard InChI is InChI=1S/C13H17N3O5/c14-11(17)2-1-9(12(18)19)15-5-3-8-4-6-16-10(7-8)13(20)21/h3,5,7,9,16H,1-2,4,6H2,(H2,14,17)(H,18,19)(H,20,21). The first-order chi connectivity index (χ1) is 9.90. The average molecular weight is 295 g/mol. The van der Waals surface area contributed by atoms with E-state index >= 15 is 0 Å². The molecule has 0 saturated heterocycles. The Morgan fingerprint density at radius 1 is 1.43 bits per heavy atom. The first-order valence-electron chi connectivity index (χ1n) is 6.32. The van der Waals surface area contributed by atoms with E-state index in [0.717, 1.165) is 5.57 Å². The number of aliphatic imine (C=N–C) groups is 1. The largest absolute Gasteiger partial charge is 0.480 e. The molecule has 1 amide bonds. The van der Waals surface area contributed by atoms with Gasteiger partial charge in [-0.1, -0.05) is 0 Å². The van der Waals surface area contributed by atoms with Gasteiger partial charge in [-0.2, -0.15) is 0 Å². The summed E-state index contributed by atoms with van der Waals surface area (Å²) >= 11 is 0. The molecule has 1 unspecified atom stereocenters. The average Bonchev–Trinajstić information content (AvgIpc) is 2.42. The fraction of sp³-hybridized carbons (Fsp3) is 0.385. The van der Waals surface area contributed by atoms with Crippen molar-refractivity contribution >= 4 is 24.1 Å². The van der Waals surface area contributed by atoms with Crippen LogP contribution in [0.25, 0.3) is 0 Å². The maximum atomic E-state index is 10.9. The van der Waals surface area contributed by atoms with E-state index in [1.165, 1.54) is 12.3 Å². The number of nitrogens with two attached hydrogens (primary N) is 1. The van der Waals surface area contributed by atoms with Gasteiger partial charge in [-0.3, -0.25) is 9.79 Å². The van der Waals surface area contributed by atoms with Crippen LogP contribution in [0.5, 0.6) is 0 Å². The summed E-state index contributed by atoms with van der Waals surface area (Å²) in [6.45, 7) is 0.488. The van der Waals surface area contributed by atoms with Crippen LogP contribution in [-0.4, -0.2) is 46.9 Å². The number of amides is 1. The van der Waals surface area contributed by atoms with E-state index in [4.69, 9.17) is 15.9 Å². The third-order valence-electron chi connectivity index (χ3n) is 2.79. The minimum atomic E-state index is -1.14. The fourth-order valence-corrected chi connectivity index (χ4v) is 1.70. The monoisotopic (exact) mass is 295 g/mol. The summed E-state index contributed by atoms with van der Waals surface area (Å²) in [5.41, 5.74) is 5.78. The number of carboxylic acid groups (broad SMARTS) is 2. The van der Waals surface area contributed by atoms with Crippen LogP contribution >= 0.6 is 0 Å². The van der Waals surface area contributed by atoms with Gasteiger partial charge in [-0.25, -0.2) is 9.59 Å². The Kier molecular flexibility index (Phi) is 6.12. The van der Waals surface area contributed by atoms with Gasteiger partial charge in [0.15, 0.2) is 0 Å². The Balaban J connectivity index is 2.71. The predicted molar refractivity (Wildman–Crippen MR) is 74.8 cm³/mol. The number of nitrogens with one attached hydrogen (secondary N) is 1. The van der Waals surface area contributed by atoms with Crippen molar-refractivity contribution < 1.29 is 24.6 Å². The number of rotatable bonds is 7. The molecular weight excluding hydrogens is 278 g/mol. The number of carbonyl (C=O) groups excluding carboxylic acids is 1. The van der Waals surface area contributed by atoms with E-state index in [0.29, 0.717) is 13.0 Å². The smallest absolute Gasteiger partial charge is 0.351 e. The quantitative estimate of drug-likeness (QED) is 0.473. The van der Waals surface area contributed by atoms with Crippen molar-refractivity contribution in [2.45, 2.75) is 25.3 Å². The Bertz CT molecular complexity index is 522. The number of carbonyl (C=O) groups is 3. The number of hydrogen-bond acceptors (Lipinski definition) is 5. The third kappa shape index (κ3) is 5.89. The topological polar surface area (TPSA) is 142 Å². The molecule has 1 heterocycles. The Labute approximate surface area is 121 Å². The van der Waals surface area contributed by atoms with Gasteiger partial charge in [0.1, 0.15) is 11.7 Å². The lowest BCUT2D eigenvalue weighted by Gasteiger charge is -2.14. The highest BCUT2D eigenvalue weighted by atomic mass is 16.4. The second-order valence-corrected chi connectivity index (χ2v) is 4.44. The lowest BCUT2D eigenvalue weighted by atomic mass is 10.1. The summed E-state index contributed by atoms with van der Waals surface area (Å²) in [4.78, 5) is 36.3. The molecule has 8 heteroatoms. The first kappa shape index (κ1) is 16.4. The zero-order chi connectivity index (χ0) is 15.8. The molecule has 0 aromatic rings. The molecule has 0 aliphatic carbocycles. The summed E-state index contributed by atoms with van der Waals surface area (Å²) in [6.07, 6.45) is 4.93. The number of aliphatic carboxylic acids is 2. The number of carboxylic acids is 2. The third-order valence-corrected chi connectivity index (χ3v) is 2.79. The summed E-state index contributed by atoms with van der Waals surface area (Å²) in [5, 5.41) is 20.5. The number of allylic oxidation sites excluding steroid dienone is 2. The van der Waals surface area contributed by atoms with Gasteiger partial charge in [0.05, 0.1) is 0 Å². The van der Waals surface area contributed by atoms with Crippen LogP contribution in [0.4, 0.5) is 0 Å². The maximum Gasteiger partial charge on any atom is 0.351 e.